The van der Waals surface area contributed by atoms with E-state index in [2.05, 4.69) is 20.2 Å². The molecular weight excluding hydrogens is 326 g/mol. The summed E-state index contributed by atoms with van der Waals surface area (Å²) in [5.41, 5.74) is 3.37. The number of carbonyl (C=O) groups excluding carboxylic acids is 1. The van der Waals surface area contributed by atoms with Gasteiger partial charge in [-0.25, -0.2) is 4.98 Å². The second kappa shape index (κ2) is 8.40. The first-order valence-electron chi connectivity index (χ1n) is 8.58. The number of benzene rings is 1. The maximum Gasteiger partial charge on any atom is 0.253 e. The highest BCUT2D eigenvalue weighted by molar-refractivity contribution is 5.97. The molecule has 0 bridgehead atoms. The van der Waals surface area contributed by atoms with Crippen LogP contribution in [-0.4, -0.2) is 46.0 Å². The average Bonchev–Trinajstić information content (AvgIpc) is 3.10. The monoisotopic (exact) mass is 349 g/mol. The molecule has 1 amide bonds. The van der Waals surface area contributed by atoms with Crippen molar-refractivity contribution in [2.75, 3.05) is 20.6 Å². The summed E-state index contributed by atoms with van der Waals surface area (Å²) in [7, 11) is 4.00. The molecule has 2 heterocycles. The number of para-hydroxylation sites is 1. The number of aromatic nitrogens is 3. The van der Waals surface area contributed by atoms with Crippen LogP contribution in [0, 0.1) is 0 Å². The number of pyridine rings is 1. The lowest BCUT2D eigenvalue weighted by Gasteiger charge is -2.11. The second-order valence-corrected chi connectivity index (χ2v) is 6.35. The van der Waals surface area contributed by atoms with E-state index in [1.165, 1.54) is 0 Å². The van der Waals surface area contributed by atoms with Crippen LogP contribution in [0.4, 0.5) is 0 Å². The van der Waals surface area contributed by atoms with E-state index in [4.69, 9.17) is 0 Å². The van der Waals surface area contributed by atoms with Gasteiger partial charge < -0.3 is 14.8 Å². The number of nitrogens with one attached hydrogen (secondary N) is 1. The lowest BCUT2D eigenvalue weighted by Crippen LogP contribution is -2.27. The number of carbonyl (C=O) groups is 1. The molecule has 26 heavy (non-hydrogen) atoms. The summed E-state index contributed by atoms with van der Waals surface area (Å²) in [5.74, 6) is -0.0978. The van der Waals surface area contributed by atoms with Crippen molar-refractivity contribution in [3.8, 4) is 5.69 Å². The molecule has 3 rings (SSSR count). The molecule has 6 nitrogen and oxygen atoms in total. The fourth-order valence-electron chi connectivity index (χ4n) is 2.74. The standard InChI is InChI=1S/C20H23N5O/c1-24(2)13-17-14-25(15-23-17)19-9-4-3-8-18(19)20(26)22-12-10-16-7-5-6-11-21-16/h3-9,11,14-15H,10,12-13H2,1-2H3,(H,22,26). The molecule has 1 aromatic carbocycles. The minimum Gasteiger partial charge on any atom is -0.352 e. The molecule has 0 radical (unpaired) electrons. The van der Waals surface area contributed by atoms with Crippen molar-refractivity contribution in [1.82, 2.24) is 24.8 Å². The van der Waals surface area contributed by atoms with Crippen molar-refractivity contribution in [1.29, 1.82) is 0 Å². The van der Waals surface area contributed by atoms with E-state index in [-0.39, 0.29) is 5.91 Å². The van der Waals surface area contributed by atoms with Crippen molar-refractivity contribution >= 4 is 5.91 Å². The Morgan fingerprint density at radius 1 is 1.08 bits per heavy atom. The van der Waals surface area contributed by atoms with Crippen LogP contribution in [0.15, 0.2) is 61.2 Å². The summed E-state index contributed by atoms with van der Waals surface area (Å²) in [5, 5.41) is 2.98. The third-order valence-electron chi connectivity index (χ3n) is 3.93. The largest absolute Gasteiger partial charge is 0.352 e. The Bertz CT molecular complexity index is 857. The van der Waals surface area contributed by atoms with Crippen LogP contribution in [0.25, 0.3) is 5.69 Å². The zero-order valence-electron chi connectivity index (χ0n) is 15.1. The highest BCUT2D eigenvalue weighted by atomic mass is 16.1. The number of imidazole rings is 1. The van der Waals surface area contributed by atoms with Crippen molar-refractivity contribution in [3.63, 3.8) is 0 Å². The van der Waals surface area contributed by atoms with Gasteiger partial charge in [0.05, 0.1) is 23.3 Å². The summed E-state index contributed by atoms with van der Waals surface area (Å²) in [6.45, 7) is 1.30. The highest BCUT2D eigenvalue weighted by Gasteiger charge is 2.13. The fraction of sp³-hybridized carbons (Fsp3) is 0.250. The van der Waals surface area contributed by atoms with Crippen molar-refractivity contribution < 1.29 is 4.79 Å². The second-order valence-electron chi connectivity index (χ2n) is 6.35. The Morgan fingerprint density at radius 2 is 1.88 bits per heavy atom. The number of hydrogen-bond acceptors (Lipinski definition) is 4. The minimum absolute atomic E-state index is 0.0978. The predicted molar refractivity (Wildman–Crippen MR) is 101 cm³/mol. The summed E-state index contributed by atoms with van der Waals surface area (Å²) >= 11 is 0. The van der Waals surface area contributed by atoms with E-state index in [0.29, 0.717) is 18.5 Å². The van der Waals surface area contributed by atoms with Crippen molar-refractivity contribution in [2.24, 2.45) is 0 Å². The molecule has 3 aromatic rings. The van der Waals surface area contributed by atoms with Crippen LogP contribution in [0.2, 0.25) is 0 Å². The third-order valence-corrected chi connectivity index (χ3v) is 3.93. The maximum atomic E-state index is 12.6. The average molecular weight is 349 g/mol. The smallest absolute Gasteiger partial charge is 0.253 e. The number of rotatable bonds is 7. The van der Waals surface area contributed by atoms with Gasteiger partial charge in [-0.2, -0.15) is 0 Å². The van der Waals surface area contributed by atoms with Gasteiger partial charge in [0, 0.05) is 37.6 Å². The van der Waals surface area contributed by atoms with Crippen molar-refractivity contribution in [2.45, 2.75) is 13.0 Å². The van der Waals surface area contributed by atoms with Crippen LogP contribution in [0.1, 0.15) is 21.7 Å². The molecule has 0 atom stereocenters. The SMILES string of the molecule is CN(C)Cc1cn(-c2ccccc2C(=O)NCCc2ccccn2)cn1. The van der Waals surface area contributed by atoms with Crippen LogP contribution in [-0.2, 0) is 13.0 Å². The molecule has 0 aliphatic rings. The molecule has 0 saturated heterocycles. The van der Waals surface area contributed by atoms with Gasteiger partial charge in [0.1, 0.15) is 0 Å². The van der Waals surface area contributed by atoms with Gasteiger partial charge in [-0.05, 0) is 38.4 Å². The summed E-state index contributed by atoms with van der Waals surface area (Å²) in [6, 6.07) is 13.3. The van der Waals surface area contributed by atoms with Gasteiger partial charge in [-0.15, -0.1) is 0 Å². The van der Waals surface area contributed by atoms with E-state index >= 15 is 0 Å². The fourth-order valence-corrected chi connectivity index (χ4v) is 2.74. The van der Waals surface area contributed by atoms with E-state index in [1.54, 1.807) is 12.5 Å². The lowest BCUT2D eigenvalue weighted by atomic mass is 10.1. The predicted octanol–water partition coefficient (Wildman–Crippen LogP) is 2.30. The molecule has 1 N–H and O–H groups in total. The van der Waals surface area contributed by atoms with Crippen molar-refractivity contribution in [3.05, 3.63) is 78.1 Å². The molecule has 6 heteroatoms. The van der Waals surface area contributed by atoms with E-state index in [0.717, 1.165) is 23.6 Å². The molecule has 0 aliphatic carbocycles. The molecule has 134 valence electrons. The van der Waals surface area contributed by atoms with Gasteiger partial charge in [0.25, 0.3) is 5.91 Å². The van der Waals surface area contributed by atoms with Gasteiger partial charge in [0.15, 0.2) is 0 Å². The van der Waals surface area contributed by atoms with Gasteiger partial charge >= 0.3 is 0 Å². The highest BCUT2D eigenvalue weighted by Crippen LogP contribution is 2.15. The molecule has 0 saturated carbocycles. The van der Waals surface area contributed by atoms with Crippen LogP contribution in [0.3, 0.4) is 0 Å². The van der Waals surface area contributed by atoms with Crippen LogP contribution >= 0.6 is 0 Å². The summed E-state index contributed by atoms with van der Waals surface area (Å²) < 4.78 is 1.90. The molecular formula is C20H23N5O. The zero-order valence-corrected chi connectivity index (χ0v) is 15.1. The van der Waals surface area contributed by atoms with Gasteiger partial charge in [0.2, 0.25) is 0 Å². The Balaban J connectivity index is 1.70. The molecule has 0 fully saturated rings. The molecule has 0 aliphatic heterocycles. The van der Waals surface area contributed by atoms with E-state index < -0.39 is 0 Å². The number of amides is 1. The van der Waals surface area contributed by atoms with E-state index in [1.807, 2.05) is 67.3 Å². The van der Waals surface area contributed by atoms with Crippen LogP contribution in [0.5, 0.6) is 0 Å². The normalized spacial score (nSPS) is 10.9. The topological polar surface area (TPSA) is 63.1 Å². The summed E-state index contributed by atoms with van der Waals surface area (Å²) in [4.78, 5) is 23.4. The van der Waals surface area contributed by atoms with E-state index in [9.17, 15) is 4.79 Å². The maximum absolute atomic E-state index is 12.6. The first-order chi connectivity index (χ1) is 12.6. The Hall–Kier alpha value is -2.99. The first kappa shape index (κ1) is 17.8. The lowest BCUT2D eigenvalue weighted by molar-refractivity contribution is 0.0954. The summed E-state index contributed by atoms with van der Waals surface area (Å²) in [6.07, 6.45) is 6.17. The van der Waals surface area contributed by atoms with Crippen LogP contribution < -0.4 is 5.32 Å². The molecule has 2 aromatic heterocycles. The van der Waals surface area contributed by atoms with Gasteiger partial charge in [-0.3, -0.25) is 9.78 Å². The third kappa shape index (κ3) is 4.55. The van der Waals surface area contributed by atoms with Gasteiger partial charge in [-0.1, -0.05) is 18.2 Å². The number of hydrogen-bond donors (Lipinski definition) is 1. The number of nitrogens with zero attached hydrogens (tertiary/aromatic N) is 4. The quantitative estimate of drug-likeness (QED) is 0.711. The minimum atomic E-state index is -0.0978. The zero-order chi connectivity index (χ0) is 18.4. The Kier molecular flexibility index (Phi) is 5.76. The molecule has 0 unspecified atom stereocenters. The Labute approximate surface area is 153 Å². The molecule has 0 spiro atoms. The first-order valence-corrected chi connectivity index (χ1v) is 8.58. The Morgan fingerprint density at radius 3 is 2.65 bits per heavy atom.